The smallest absolute Gasteiger partial charge is 0.336 e. The van der Waals surface area contributed by atoms with Gasteiger partial charge in [-0.25, -0.2) is 9.69 Å². The fourth-order valence-electron chi connectivity index (χ4n) is 3.18. The highest BCUT2D eigenvalue weighted by molar-refractivity contribution is 6.46. The van der Waals surface area contributed by atoms with Crippen LogP contribution >= 0.6 is 23.2 Å². The Kier molecular flexibility index (Phi) is 4.45. The molecule has 0 aliphatic carbocycles. The van der Waals surface area contributed by atoms with Gasteiger partial charge in [-0.3, -0.25) is 14.9 Å². The fraction of sp³-hybridized carbons (Fsp3) is 0.0500. The van der Waals surface area contributed by atoms with Crippen LogP contribution in [0.3, 0.4) is 0 Å². The Morgan fingerprint density at radius 3 is 2.54 bits per heavy atom. The number of anilines is 1. The number of benzene rings is 2. The molecule has 0 atom stereocenters. The van der Waals surface area contributed by atoms with Crippen molar-refractivity contribution in [1.29, 1.82) is 0 Å². The molecule has 0 radical (unpaired) electrons. The number of aromatic nitrogens is 1. The van der Waals surface area contributed by atoms with Crippen LogP contribution < -0.4 is 10.2 Å². The number of hydrogen-bond acceptors (Lipinski definition) is 3. The Hall–Kier alpha value is -3.09. The maximum absolute atomic E-state index is 13.0. The van der Waals surface area contributed by atoms with Gasteiger partial charge >= 0.3 is 6.03 Å². The zero-order valence-electron chi connectivity index (χ0n) is 14.6. The number of carbonyl (C=O) groups excluding carboxylic acids is 3. The first-order chi connectivity index (χ1) is 13.4. The van der Waals surface area contributed by atoms with Crippen LogP contribution in [0.5, 0.6) is 0 Å². The van der Waals surface area contributed by atoms with Crippen LogP contribution in [0.4, 0.5) is 10.5 Å². The Morgan fingerprint density at radius 1 is 1.00 bits per heavy atom. The average Bonchev–Trinajstić information content (AvgIpc) is 2.98. The minimum absolute atomic E-state index is 0.0477. The molecule has 8 heteroatoms. The highest BCUT2D eigenvalue weighted by atomic mass is 35.5. The molecule has 1 aliphatic rings. The Balaban J connectivity index is 1.84. The quantitative estimate of drug-likeness (QED) is 0.506. The van der Waals surface area contributed by atoms with Gasteiger partial charge in [-0.15, -0.1) is 0 Å². The first kappa shape index (κ1) is 18.3. The maximum atomic E-state index is 13.0. The minimum Gasteiger partial charge on any atom is -0.350 e. The summed E-state index contributed by atoms with van der Waals surface area (Å²) < 4.78 is 1.89. The molecule has 28 heavy (non-hydrogen) atoms. The third-order valence-electron chi connectivity index (χ3n) is 4.50. The van der Waals surface area contributed by atoms with Crippen molar-refractivity contribution >= 4 is 63.7 Å². The molecule has 1 saturated heterocycles. The standard InChI is InChI=1S/C20H13Cl2N3O3/c1-24-10-11(12-5-2-3-7-15(12)24)9-13-18(26)23-20(28)25(19(13)27)16-8-4-6-14(21)17(16)22/h2-10H,1H3,(H,23,26,28)/b13-9-. The van der Waals surface area contributed by atoms with Gasteiger partial charge in [-0.05, 0) is 24.3 Å². The SMILES string of the molecule is Cn1cc(/C=C2/C(=O)NC(=O)N(c3cccc(Cl)c3Cl)C2=O)c2ccccc21. The van der Waals surface area contributed by atoms with E-state index in [1.54, 1.807) is 6.07 Å². The first-order valence-electron chi connectivity index (χ1n) is 8.28. The van der Waals surface area contributed by atoms with Crippen molar-refractivity contribution < 1.29 is 14.4 Å². The van der Waals surface area contributed by atoms with Gasteiger partial charge in [0.1, 0.15) is 5.57 Å². The molecule has 1 aromatic heterocycles. The number of nitrogens with zero attached hydrogens (tertiary/aromatic N) is 2. The zero-order chi connectivity index (χ0) is 20.0. The van der Waals surface area contributed by atoms with Crippen molar-refractivity contribution in [1.82, 2.24) is 9.88 Å². The summed E-state index contributed by atoms with van der Waals surface area (Å²) in [6.45, 7) is 0. The van der Waals surface area contributed by atoms with Gasteiger partial charge in [0.15, 0.2) is 0 Å². The molecule has 1 fully saturated rings. The van der Waals surface area contributed by atoms with E-state index in [0.29, 0.717) is 5.56 Å². The van der Waals surface area contributed by atoms with Crippen molar-refractivity contribution in [3.63, 3.8) is 0 Å². The largest absolute Gasteiger partial charge is 0.350 e. The van der Waals surface area contributed by atoms with E-state index in [4.69, 9.17) is 23.2 Å². The van der Waals surface area contributed by atoms with Gasteiger partial charge in [-0.1, -0.05) is 47.5 Å². The second-order valence-corrected chi connectivity index (χ2v) is 7.03. The van der Waals surface area contributed by atoms with Crippen LogP contribution in [0.15, 0.2) is 54.2 Å². The number of barbiturate groups is 1. The van der Waals surface area contributed by atoms with Gasteiger partial charge in [0.05, 0.1) is 15.7 Å². The van der Waals surface area contributed by atoms with Crippen LogP contribution in [0.25, 0.3) is 17.0 Å². The summed E-state index contributed by atoms with van der Waals surface area (Å²) in [6, 6.07) is 11.3. The summed E-state index contributed by atoms with van der Waals surface area (Å²) in [6.07, 6.45) is 3.28. The van der Waals surface area contributed by atoms with Crippen LogP contribution in [-0.2, 0) is 16.6 Å². The monoisotopic (exact) mass is 413 g/mol. The molecule has 140 valence electrons. The van der Waals surface area contributed by atoms with Crippen LogP contribution in [0.2, 0.25) is 10.0 Å². The third kappa shape index (κ3) is 2.87. The van der Waals surface area contributed by atoms with Crippen molar-refractivity contribution in [2.45, 2.75) is 0 Å². The third-order valence-corrected chi connectivity index (χ3v) is 5.31. The molecule has 0 spiro atoms. The van der Waals surface area contributed by atoms with Crippen molar-refractivity contribution in [2.24, 2.45) is 7.05 Å². The predicted molar refractivity (Wildman–Crippen MR) is 108 cm³/mol. The van der Waals surface area contributed by atoms with Crippen LogP contribution in [0.1, 0.15) is 5.56 Å². The molecule has 3 aromatic rings. The second-order valence-electron chi connectivity index (χ2n) is 6.24. The Morgan fingerprint density at radius 2 is 1.75 bits per heavy atom. The van der Waals surface area contributed by atoms with Gasteiger partial charge in [0.2, 0.25) is 0 Å². The van der Waals surface area contributed by atoms with Gasteiger partial charge < -0.3 is 4.57 Å². The lowest BCUT2D eigenvalue weighted by molar-refractivity contribution is -0.122. The normalized spacial score (nSPS) is 16.2. The van der Waals surface area contributed by atoms with Gasteiger partial charge in [0.25, 0.3) is 11.8 Å². The molecule has 0 unspecified atom stereocenters. The van der Waals surface area contributed by atoms with Gasteiger partial charge in [0, 0.05) is 29.7 Å². The zero-order valence-corrected chi connectivity index (χ0v) is 16.1. The van der Waals surface area contributed by atoms with E-state index in [2.05, 4.69) is 5.32 Å². The molecule has 1 N–H and O–H groups in total. The molecule has 6 nitrogen and oxygen atoms in total. The van der Waals surface area contributed by atoms with E-state index in [-0.39, 0.29) is 21.3 Å². The average molecular weight is 414 g/mol. The summed E-state index contributed by atoms with van der Waals surface area (Å²) in [7, 11) is 1.87. The number of hydrogen-bond donors (Lipinski definition) is 1. The van der Waals surface area contributed by atoms with Crippen molar-refractivity contribution in [3.8, 4) is 0 Å². The lowest BCUT2D eigenvalue weighted by atomic mass is 10.1. The van der Waals surface area contributed by atoms with E-state index >= 15 is 0 Å². The number of aryl methyl sites for hydroxylation is 1. The van der Waals surface area contributed by atoms with Crippen LogP contribution in [0, 0.1) is 0 Å². The first-order valence-corrected chi connectivity index (χ1v) is 9.03. The molecule has 0 bridgehead atoms. The van der Waals surface area contributed by atoms with E-state index in [1.807, 2.05) is 42.1 Å². The molecular formula is C20H13Cl2N3O3. The number of carbonyl (C=O) groups is 3. The summed E-state index contributed by atoms with van der Waals surface area (Å²) >= 11 is 12.2. The lowest BCUT2D eigenvalue weighted by Gasteiger charge is -2.27. The lowest BCUT2D eigenvalue weighted by Crippen LogP contribution is -2.54. The highest BCUT2D eigenvalue weighted by Gasteiger charge is 2.38. The molecule has 4 amide bonds. The number of nitrogens with one attached hydrogen (secondary N) is 1. The maximum Gasteiger partial charge on any atom is 0.336 e. The number of amides is 4. The molecule has 4 rings (SSSR count). The number of imide groups is 2. The number of urea groups is 1. The molecular weight excluding hydrogens is 401 g/mol. The van der Waals surface area contributed by atoms with Crippen molar-refractivity contribution in [2.75, 3.05) is 4.90 Å². The fourth-order valence-corrected chi connectivity index (χ4v) is 3.56. The molecule has 1 aliphatic heterocycles. The Labute approximate surface area is 169 Å². The second kappa shape index (κ2) is 6.82. The Bertz CT molecular complexity index is 1200. The number of halogens is 2. The highest BCUT2D eigenvalue weighted by Crippen LogP contribution is 2.34. The summed E-state index contributed by atoms with van der Waals surface area (Å²) in [5.41, 5.74) is 1.56. The number of para-hydroxylation sites is 1. The molecule has 2 heterocycles. The van der Waals surface area contributed by atoms with E-state index in [0.717, 1.165) is 15.8 Å². The number of fused-ring (bicyclic) bond motifs is 1. The summed E-state index contributed by atoms with van der Waals surface area (Å²) in [5, 5.41) is 3.30. The van der Waals surface area contributed by atoms with Crippen LogP contribution in [-0.4, -0.2) is 22.4 Å². The molecule has 0 saturated carbocycles. The van der Waals surface area contributed by atoms with Crippen molar-refractivity contribution in [3.05, 3.63) is 69.8 Å². The topological polar surface area (TPSA) is 71.4 Å². The van der Waals surface area contributed by atoms with Gasteiger partial charge in [-0.2, -0.15) is 0 Å². The van der Waals surface area contributed by atoms with E-state index in [9.17, 15) is 14.4 Å². The van der Waals surface area contributed by atoms with E-state index in [1.165, 1.54) is 18.2 Å². The summed E-state index contributed by atoms with van der Waals surface area (Å²) in [4.78, 5) is 38.5. The predicted octanol–water partition coefficient (Wildman–Crippen LogP) is 4.15. The molecule has 2 aromatic carbocycles. The number of rotatable bonds is 2. The van der Waals surface area contributed by atoms with E-state index < -0.39 is 17.8 Å². The minimum atomic E-state index is -0.880. The summed E-state index contributed by atoms with van der Waals surface area (Å²) in [5.74, 6) is -1.54.